The Balaban J connectivity index is 2.67. The summed E-state index contributed by atoms with van der Waals surface area (Å²) in [5, 5.41) is 6.05. The molecule has 3 N–H and O–H groups in total. The number of hydrogen-bond donors (Lipinski definition) is 2. The quantitative estimate of drug-likeness (QED) is 0.784. The highest BCUT2D eigenvalue weighted by Gasteiger charge is 2.31. The van der Waals surface area contributed by atoms with Crippen LogP contribution >= 0.6 is 28.1 Å². The van der Waals surface area contributed by atoms with E-state index in [1.54, 1.807) is 0 Å². The number of halogens is 4. The first kappa shape index (κ1) is 13.1. The van der Waals surface area contributed by atoms with Crippen molar-refractivity contribution >= 4 is 34.1 Å². The van der Waals surface area contributed by atoms with Gasteiger partial charge in [-0.3, -0.25) is 4.57 Å². The number of H-pyrrole nitrogens is 1. The molecule has 0 amide bonds. The van der Waals surface area contributed by atoms with Crippen molar-refractivity contribution < 1.29 is 13.2 Å². The molecule has 0 bridgehead atoms. The standard InChI is InChI=1S/C9H6BrF3N4S/c10-5-1-4(9(11,12)13)2-6(3-5)17-7(14)15-16-8(17)18/h1-3H,(H2,14,15)(H,16,18). The molecule has 96 valence electrons. The highest BCUT2D eigenvalue weighted by atomic mass is 79.9. The minimum Gasteiger partial charge on any atom is -0.368 e. The van der Waals surface area contributed by atoms with Gasteiger partial charge in [-0.05, 0) is 30.4 Å². The molecule has 9 heteroatoms. The number of alkyl halides is 3. The van der Waals surface area contributed by atoms with Crippen LogP contribution in [0.1, 0.15) is 5.56 Å². The summed E-state index contributed by atoms with van der Waals surface area (Å²) >= 11 is 7.92. The number of nitrogen functional groups attached to an aromatic ring is 1. The Morgan fingerprint density at radius 2 is 2.00 bits per heavy atom. The molecule has 0 aliphatic rings. The second-order valence-electron chi connectivity index (χ2n) is 3.42. The zero-order valence-corrected chi connectivity index (χ0v) is 11.0. The number of anilines is 1. The van der Waals surface area contributed by atoms with Crippen molar-refractivity contribution in [3.05, 3.63) is 33.0 Å². The summed E-state index contributed by atoms with van der Waals surface area (Å²) in [6.45, 7) is 0. The molecule has 0 unspecified atom stereocenters. The first-order valence-electron chi connectivity index (χ1n) is 4.60. The van der Waals surface area contributed by atoms with Gasteiger partial charge in [-0.25, -0.2) is 5.10 Å². The molecule has 4 nitrogen and oxygen atoms in total. The number of nitrogens with two attached hydrogens (primary N) is 1. The number of aromatic amines is 1. The summed E-state index contributed by atoms with van der Waals surface area (Å²) in [6.07, 6.45) is -4.45. The molecule has 0 fully saturated rings. The van der Waals surface area contributed by atoms with Crippen LogP contribution in [0, 0.1) is 4.77 Å². The van der Waals surface area contributed by atoms with E-state index in [0.29, 0.717) is 0 Å². The highest BCUT2D eigenvalue weighted by molar-refractivity contribution is 9.10. The molecule has 0 saturated carbocycles. The monoisotopic (exact) mass is 338 g/mol. The number of benzene rings is 1. The van der Waals surface area contributed by atoms with Crippen molar-refractivity contribution in [2.45, 2.75) is 6.18 Å². The number of rotatable bonds is 1. The Kier molecular flexibility index (Phi) is 3.20. The average molecular weight is 339 g/mol. The molecule has 1 aromatic heterocycles. The van der Waals surface area contributed by atoms with Crippen molar-refractivity contribution in [3.8, 4) is 5.69 Å². The third-order valence-electron chi connectivity index (χ3n) is 2.17. The van der Waals surface area contributed by atoms with E-state index in [1.165, 1.54) is 10.6 Å². The summed E-state index contributed by atoms with van der Waals surface area (Å²) in [5.41, 5.74) is 4.93. The van der Waals surface area contributed by atoms with Gasteiger partial charge in [0.2, 0.25) is 10.7 Å². The molecule has 0 aliphatic heterocycles. The molecular formula is C9H6BrF3N4S. The molecule has 0 atom stereocenters. The number of hydrogen-bond acceptors (Lipinski definition) is 3. The lowest BCUT2D eigenvalue weighted by molar-refractivity contribution is -0.137. The lowest BCUT2D eigenvalue weighted by Gasteiger charge is -2.10. The first-order valence-corrected chi connectivity index (χ1v) is 5.80. The molecule has 0 saturated heterocycles. The minimum atomic E-state index is -4.45. The van der Waals surface area contributed by atoms with Gasteiger partial charge in [-0.15, -0.1) is 5.10 Å². The fraction of sp³-hybridized carbons (Fsp3) is 0.111. The fourth-order valence-electron chi connectivity index (χ4n) is 1.43. The van der Waals surface area contributed by atoms with Gasteiger partial charge in [-0.1, -0.05) is 15.9 Å². The Labute approximate surface area is 113 Å². The molecule has 18 heavy (non-hydrogen) atoms. The lowest BCUT2D eigenvalue weighted by Crippen LogP contribution is -2.07. The van der Waals surface area contributed by atoms with E-state index in [1.807, 2.05) is 0 Å². The largest absolute Gasteiger partial charge is 0.416 e. The molecule has 1 aromatic carbocycles. The van der Waals surface area contributed by atoms with Crippen molar-refractivity contribution in [1.29, 1.82) is 0 Å². The zero-order chi connectivity index (χ0) is 13.5. The first-order chi connectivity index (χ1) is 8.29. The van der Waals surface area contributed by atoms with E-state index >= 15 is 0 Å². The molecule has 0 spiro atoms. The van der Waals surface area contributed by atoms with Crippen LogP contribution in [-0.4, -0.2) is 14.8 Å². The topological polar surface area (TPSA) is 59.6 Å². The second kappa shape index (κ2) is 4.39. The predicted molar refractivity (Wildman–Crippen MR) is 65.9 cm³/mol. The second-order valence-corrected chi connectivity index (χ2v) is 4.72. The minimum absolute atomic E-state index is 0.00813. The lowest BCUT2D eigenvalue weighted by atomic mass is 10.2. The average Bonchev–Trinajstić information content (AvgIpc) is 2.56. The van der Waals surface area contributed by atoms with E-state index < -0.39 is 11.7 Å². The summed E-state index contributed by atoms with van der Waals surface area (Å²) < 4.78 is 39.7. The SMILES string of the molecule is Nc1n[nH]c(=S)n1-c1cc(Br)cc(C(F)(F)F)c1. The third-order valence-corrected chi connectivity index (χ3v) is 2.90. The predicted octanol–water partition coefficient (Wildman–Crippen LogP) is 3.29. The van der Waals surface area contributed by atoms with Crippen molar-refractivity contribution in [3.63, 3.8) is 0 Å². The van der Waals surface area contributed by atoms with Gasteiger partial charge < -0.3 is 5.73 Å². The van der Waals surface area contributed by atoms with Crippen LogP contribution in [0.25, 0.3) is 5.69 Å². The van der Waals surface area contributed by atoms with Crippen LogP contribution in [0.15, 0.2) is 22.7 Å². The Morgan fingerprint density at radius 1 is 1.33 bits per heavy atom. The smallest absolute Gasteiger partial charge is 0.368 e. The fourth-order valence-corrected chi connectivity index (χ4v) is 2.15. The van der Waals surface area contributed by atoms with Crippen LogP contribution in [0.3, 0.4) is 0 Å². The molecular weight excluding hydrogens is 333 g/mol. The zero-order valence-electron chi connectivity index (χ0n) is 8.62. The van der Waals surface area contributed by atoms with E-state index in [-0.39, 0.29) is 20.9 Å². The van der Waals surface area contributed by atoms with Gasteiger partial charge in [-0.2, -0.15) is 13.2 Å². The van der Waals surface area contributed by atoms with Crippen LogP contribution < -0.4 is 5.73 Å². The number of nitrogens with zero attached hydrogens (tertiary/aromatic N) is 2. The van der Waals surface area contributed by atoms with E-state index in [2.05, 4.69) is 26.1 Å². The van der Waals surface area contributed by atoms with E-state index in [9.17, 15) is 13.2 Å². The molecule has 0 aliphatic carbocycles. The van der Waals surface area contributed by atoms with E-state index in [4.69, 9.17) is 18.0 Å². The van der Waals surface area contributed by atoms with Crippen LogP contribution in [0.4, 0.5) is 19.1 Å². The summed E-state index contributed by atoms with van der Waals surface area (Å²) in [6, 6.07) is 3.40. The van der Waals surface area contributed by atoms with Gasteiger partial charge in [0.1, 0.15) is 0 Å². The molecule has 2 aromatic rings. The molecule has 1 heterocycles. The maximum atomic E-state index is 12.7. The van der Waals surface area contributed by atoms with Gasteiger partial charge in [0, 0.05) is 4.47 Å². The molecule has 2 rings (SSSR count). The van der Waals surface area contributed by atoms with Gasteiger partial charge in [0.15, 0.2) is 0 Å². The normalized spacial score (nSPS) is 11.8. The molecule has 0 radical (unpaired) electrons. The Bertz CT molecular complexity index is 646. The summed E-state index contributed by atoms with van der Waals surface area (Å²) in [5.74, 6) is -0.00813. The Hall–Kier alpha value is -1.35. The van der Waals surface area contributed by atoms with Crippen LogP contribution in [0.5, 0.6) is 0 Å². The van der Waals surface area contributed by atoms with Gasteiger partial charge in [0.25, 0.3) is 0 Å². The maximum Gasteiger partial charge on any atom is 0.416 e. The highest BCUT2D eigenvalue weighted by Crippen LogP contribution is 2.33. The summed E-state index contributed by atoms with van der Waals surface area (Å²) in [4.78, 5) is 0. The van der Waals surface area contributed by atoms with Crippen LogP contribution in [-0.2, 0) is 6.18 Å². The third kappa shape index (κ3) is 2.41. The Morgan fingerprint density at radius 3 is 2.50 bits per heavy atom. The van der Waals surface area contributed by atoms with Crippen molar-refractivity contribution in [2.24, 2.45) is 0 Å². The summed E-state index contributed by atoms with van der Waals surface area (Å²) in [7, 11) is 0. The van der Waals surface area contributed by atoms with Crippen molar-refractivity contribution in [1.82, 2.24) is 14.8 Å². The van der Waals surface area contributed by atoms with Gasteiger partial charge >= 0.3 is 6.18 Å². The van der Waals surface area contributed by atoms with Gasteiger partial charge in [0.05, 0.1) is 11.3 Å². The van der Waals surface area contributed by atoms with Crippen LogP contribution in [0.2, 0.25) is 0 Å². The number of nitrogens with one attached hydrogen (secondary N) is 1. The maximum absolute atomic E-state index is 12.7. The number of aromatic nitrogens is 3. The van der Waals surface area contributed by atoms with Crippen molar-refractivity contribution in [2.75, 3.05) is 5.73 Å². The van der Waals surface area contributed by atoms with E-state index in [0.717, 1.165) is 12.1 Å².